The molecule has 0 bridgehead atoms. The number of ether oxygens (including phenoxy) is 2. The number of para-hydroxylation sites is 2. The zero-order chi connectivity index (χ0) is 26.6. The molecule has 38 heavy (non-hydrogen) atoms. The van der Waals surface area contributed by atoms with Gasteiger partial charge < -0.3 is 25.2 Å². The van der Waals surface area contributed by atoms with Crippen LogP contribution >= 0.6 is 0 Å². The molecule has 0 amide bonds. The lowest BCUT2D eigenvalue weighted by Gasteiger charge is -2.22. The van der Waals surface area contributed by atoms with E-state index >= 15 is 0 Å². The highest BCUT2D eigenvalue weighted by atomic mass is 16.5. The van der Waals surface area contributed by atoms with Crippen LogP contribution in [0.3, 0.4) is 0 Å². The Balaban J connectivity index is 1.27. The molecular formula is C31H36N2O5. The van der Waals surface area contributed by atoms with Crippen molar-refractivity contribution in [2.75, 3.05) is 18.5 Å². The Morgan fingerprint density at radius 3 is 2.34 bits per heavy atom. The highest BCUT2D eigenvalue weighted by molar-refractivity contribution is 5.92. The Labute approximate surface area is 224 Å². The smallest absolute Gasteiger partial charge is 0.343 e. The lowest BCUT2D eigenvalue weighted by Crippen LogP contribution is -2.34. The molecule has 0 radical (unpaired) electrons. The van der Waals surface area contributed by atoms with E-state index in [-0.39, 0.29) is 5.75 Å². The summed E-state index contributed by atoms with van der Waals surface area (Å²) in [6, 6.07) is 23.1. The second-order valence-corrected chi connectivity index (χ2v) is 9.61. The molecule has 3 aromatic carbocycles. The molecule has 1 atom stereocenters. The molecule has 7 nitrogen and oxygen atoms in total. The van der Waals surface area contributed by atoms with Crippen LogP contribution in [0.15, 0.2) is 78.9 Å². The number of anilines is 1. The number of nitrogens with one attached hydrogen (secondary N) is 2. The van der Waals surface area contributed by atoms with E-state index in [0.717, 1.165) is 17.9 Å². The summed E-state index contributed by atoms with van der Waals surface area (Å²) in [4.78, 5) is 24.5. The normalized spacial score (nSPS) is 14.4. The number of rotatable bonds is 13. The number of esters is 1. The van der Waals surface area contributed by atoms with Gasteiger partial charge >= 0.3 is 11.9 Å². The fraction of sp³-hybridized carbons (Fsp3) is 0.355. The van der Waals surface area contributed by atoms with E-state index < -0.39 is 18.0 Å². The van der Waals surface area contributed by atoms with Crippen molar-refractivity contribution in [3.05, 3.63) is 90.0 Å². The van der Waals surface area contributed by atoms with Gasteiger partial charge in [-0.3, -0.25) is 0 Å². The standard InChI is InChI=1S/C31H36N2O5/c34-30(35)28(33-27-13-7-8-14-29(27)38-31(36)24-9-3-1-4-10-24)20-17-23-15-18-26(19-16-23)37-22-21-32-25-11-5-2-6-12-25/h1,3-4,7-10,13-16,18-19,25,28,32-33H,2,5-6,11-12,17,20-22H2,(H,34,35). The Kier molecular flexibility index (Phi) is 10.2. The molecule has 0 spiro atoms. The third-order valence-electron chi connectivity index (χ3n) is 6.78. The van der Waals surface area contributed by atoms with Crippen molar-refractivity contribution >= 4 is 17.6 Å². The quantitative estimate of drug-likeness (QED) is 0.152. The molecule has 0 heterocycles. The number of carboxylic acids is 1. The SMILES string of the molecule is O=C(Oc1ccccc1NC(CCc1ccc(OCCNC2CCCCC2)cc1)C(=O)O)c1ccccc1. The van der Waals surface area contributed by atoms with E-state index in [4.69, 9.17) is 9.47 Å². The van der Waals surface area contributed by atoms with Crippen molar-refractivity contribution < 1.29 is 24.2 Å². The average Bonchev–Trinajstić information content (AvgIpc) is 2.95. The molecule has 3 N–H and O–H groups in total. The van der Waals surface area contributed by atoms with Crippen LogP contribution in [0.25, 0.3) is 0 Å². The second-order valence-electron chi connectivity index (χ2n) is 9.61. The van der Waals surface area contributed by atoms with Gasteiger partial charge in [0.1, 0.15) is 18.4 Å². The molecule has 4 rings (SSSR count). The zero-order valence-corrected chi connectivity index (χ0v) is 21.6. The number of carbonyl (C=O) groups is 2. The van der Waals surface area contributed by atoms with Crippen LogP contribution in [-0.2, 0) is 11.2 Å². The summed E-state index contributed by atoms with van der Waals surface area (Å²) in [6.45, 7) is 1.45. The topological polar surface area (TPSA) is 96.9 Å². The van der Waals surface area contributed by atoms with Crippen molar-refractivity contribution in [3.63, 3.8) is 0 Å². The number of hydrogen-bond acceptors (Lipinski definition) is 6. The summed E-state index contributed by atoms with van der Waals surface area (Å²) in [5, 5.41) is 16.4. The molecule has 200 valence electrons. The first-order valence-electron chi connectivity index (χ1n) is 13.4. The van der Waals surface area contributed by atoms with E-state index in [2.05, 4.69) is 10.6 Å². The molecule has 1 fully saturated rings. The maximum atomic E-state index is 12.5. The number of aliphatic carboxylic acids is 1. The predicted molar refractivity (Wildman–Crippen MR) is 148 cm³/mol. The average molecular weight is 517 g/mol. The summed E-state index contributed by atoms with van der Waals surface area (Å²) >= 11 is 0. The van der Waals surface area contributed by atoms with Gasteiger partial charge in [-0.25, -0.2) is 9.59 Å². The number of benzene rings is 3. The van der Waals surface area contributed by atoms with Crippen molar-refractivity contribution in [2.24, 2.45) is 0 Å². The largest absolute Gasteiger partial charge is 0.492 e. The van der Waals surface area contributed by atoms with Gasteiger partial charge in [0.15, 0.2) is 5.75 Å². The number of carboxylic acid groups (broad SMARTS) is 1. The van der Waals surface area contributed by atoms with Gasteiger partial charge in [0, 0.05) is 12.6 Å². The molecule has 0 saturated heterocycles. The van der Waals surface area contributed by atoms with Gasteiger partial charge in [-0.15, -0.1) is 0 Å². The fourth-order valence-corrected chi connectivity index (χ4v) is 4.65. The first-order valence-corrected chi connectivity index (χ1v) is 13.4. The minimum absolute atomic E-state index is 0.284. The minimum atomic E-state index is -0.973. The van der Waals surface area contributed by atoms with Gasteiger partial charge in [-0.1, -0.05) is 61.7 Å². The predicted octanol–water partition coefficient (Wildman–Crippen LogP) is 5.70. The van der Waals surface area contributed by atoms with E-state index in [1.54, 1.807) is 48.5 Å². The fourth-order valence-electron chi connectivity index (χ4n) is 4.65. The summed E-state index contributed by atoms with van der Waals surface area (Å²) in [5.41, 5.74) is 1.90. The van der Waals surface area contributed by atoms with Gasteiger partial charge in [-0.2, -0.15) is 0 Å². The summed E-state index contributed by atoms with van der Waals surface area (Å²) in [6.07, 6.45) is 7.42. The van der Waals surface area contributed by atoms with Gasteiger partial charge in [0.25, 0.3) is 0 Å². The first kappa shape index (κ1) is 27.2. The summed E-state index contributed by atoms with van der Waals surface area (Å²) in [7, 11) is 0. The van der Waals surface area contributed by atoms with Gasteiger partial charge in [0.2, 0.25) is 0 Å². The van der Waals surface area contributed by atoms with E-state index in [1.807, 2.05) is 30.3 Å². The van der Waals surface area contributed by atoms with Crippen LogP contribution < -0.4 is 20.1 Å². The van der Waals surface area contributed by atoms with E-state index in [0.29, 0.717) is 36.7 Å². The van der Waals surface area contributed by atoms with Crippen LogP contribution in [0.1, 0.15) is 54.4 Å². The van der Waals surface area contributed by atoms with Crippen molar-refractivity contribution in [1.29, 1.82) is 0 Å². The molecule has 7 heteroatoms. The van der Waals surface area contributed by atoms with Crippen molar-refractivity contribution in [1.82, 2.24) is 5.32 Å². The first-order chi connectivity index (χ1) is 18.6. The molecule has 1 unspecified atom stereocenters. The van der Waals surface area contributed by atoms with E-state index in [9.17, 15) is 14.7 Å². The third kappa shape index (κ3) is 8.35. The number of carbonyl (C=O) groups excluding carboxylic acids is 1. The second kappa shape index (κ2) is 14.2. The van der Waals surface area contributed by atoms with Crippen molar-refractivity contribution in [2.45, 2.75) is 57.0 Å². The third-order valence-corrected chi connectivity index (χ3v) is 6.78. The molecule has 1 aliphatic rings. The van der Waals surface area contributed by atoms with Crippen LogP contribution in [-0.4, -0.2) is 42.3 Å². The van der Waals surface area contributed by atoms with Gasteiger partial charge in [0.05, 0.1) is 11.3 Å². The maximum absolute atomic E-state index is 12.5. The Hall–Kier alpha value is -3.84. The molecule has 1 aliphatic carbocycles. The minimum Gasteiger partial charge on any atom is -0.492 e. The van der Waals surface area contributed by atoms with Crippen LogP contribution in [0.4, 0.5) is 5.69 Å². The van der Waals surface area contributed by atoms with Crippen LogP contribution in [0, 0.1) is 0 Å². The number of aryl methyl sites for hydroxylation is 1. The molecule has 3 aromatic rings. The van der Waals surface area contributed by atoms with E-state index in [1.165, 1.54) is 32.1 Å². The van der Waals surface area contributed by atoms with Crippen LogP contribution in [0.2, 0.25) is 0 Å². The Morgan fingerprint density at radius 2 is 1.61 bits per heavy atom. The van der Waals surface area contributed by atoms with Gasteiger partial charge in [-0.05, 0) is 67.6 Å². The summed E-state index contributed by atoms with van der Waals surface area (Å²) in [5.74, 6) is -0.383. The Morgan fingerprint density at radius 1 is 0.895 bits per heavy atom. The Bertz CT molecular complexity index is 1160. The summed E-state index contributed by atoms with van der Waals surface area (Å²) < 4.78 is 11.4. The van der Waals surface area contributed by atoms with Crippen molar-refractivity contribution in [3.8, 4) is 11.5 Å². The monoisotopic (exact) mass is 516 g/mol. The molecule has 1 saturated carbocycles. The number of hydrogen-bond donors (Lipinski definition) is 3. The molecule has 0 aliphatic heterocycles. The highest BCUT2D eigenvalue weighted by Crippen LogP contribution is 2.26. The highest BCUT2D eigenvalue weighted by Gasteiger charge is 2.20. The zero-order valence-electron chi connectivity index (χ0n) is 21.6. The molecule has 0 aromatic heterocycles. The lowest BCUT2D eigenvalue weighted by molar-refractivity contribution is -0.138. The molecular weight excluding hydrogens is 480 g/mol. The maximum Gasteiger partial charge on any atom is 0.343 e. The lowest BCUT2D eigenvalue weighted by atomic mass is 9.96. The van der Waals surface area contributed by atoms with Crippen LogP contribution in [0.5, 0.6) is 11.5 Å².